The Kier molecular flexibility index (Phi) is 7.35. The fourth-order valence-electron chi connectivity index (χ4n) is 4.12. The third-order valence-corrected chi connectivity index (χ3v) is 5.79. The van der Waals surface area contributed by atoms with E-state index in [1.165, 1.54) is 18.5 Å². The van der Waals surface area contributed by atoms with Crippen LogP contribution in [0, 0.1) is 11.8 Å². The van der Waals surface area contributed by atoms with Crippen LogP contribution >= 0.6 is 0 Å². The summed E-state index contributed by atoms with van der Waals surface area (Å²) in [6.45, 7) is 0.874. The van der Waals surface area contributed by atoms with Crippen molar-refractivity contribution < 1.29 is 27.6 Å². The molecule has 10 heteroatoms. The minimum Gasteiger partial charge on any atom is -0.376 e. The summed E-state index contributed by atoms with van der Waals surface area (Å²) in [6, 6.07) is 7.81. The van der Waals surface area contributed by atoms with Gasteiger partial charge in [-0.1, -0.05) is 25.5 Å². The lowest BCUT2D eigenvalue weighted by Crippen LogP contribution is -2.36. The van der Waals surface area contributed by atoms with Gasteiger partial charge in [0.25, 0.3) is 5.91 Å². The number of alkyl halides is 3. The number of aromatic nitrogens is 1. The molecule has 1 heterocycles. The number of pyridine rings is 1. The van der Waals surface area contributed by atoms with Crippen molar-refractivity contribution in [2.24, 2.45) is 17.6 Å². The number of primary amides is 1. The molecule has 3 rings (SSSR count). The first kappa shape index (κ1) is 24.2. The Labute approximate surface area is 189 Å². The molecule has 1 aromatic heterocycles. The first-order chi connectivity index (χ1) is 15.5. The number of nitrogens with one attached hydrogen (secondary N) is 2. The monoisotopic (exact) mass is 462 g/mol. The number of benzene rings is 1. The molecule has 1 saturated carbocycles. The van der Waals surface area contributed by atoms with E-state index >= 15 is 0 Å². The highest BCUT2D eigenvalue weighted by atomic mass is 19.4. The number of nitrogens with zero attached hydrogens (tertiary/aromatic N) is 1. The number of rotatable bonds is 7. The third-order valence-electron chi connectivity index (χ3n) is 5.79. The Bertz CT molecular complexity index is 1020. The highest BCUT2D eigenvalue weighted by molar-refractivity contribution is 6.41. The summed E-state index contributed by atoms with van der Waals surface area (Å²) in [5.41, 5.74) is 6.62. The summed E-state index contributed by atoms with van der Waals surface area (Å²) in [4.78, 5) is 40.9. The van der Waals surface area contributed by atoms with E-state index in [-0.39, 0.29) is 23.1 Å². The van der Waals surface area contributed by atoms with Gasteiger partial charge in [-0.3, -0.25) is 19.4 Å². The molecule has 3 atom stereocenters. The van der Waals surface area contributed by atoms with Crippen LogP contribution in [0.5, 0.6) is 0 Å². The Hall–Kier alpha value is -3.43. The predicted octanol–water partition coefficient (Wildman–Crippen LogP) is 3.88. The zero-order valence-corrected chi connectivity index (χ0v) is 18.0. The van der Waals surface area contributed by atoms with Gasteiger partial charge in [0.1, 0.15) is 6.54 Å². The van der Waals surface area contributed by atoms with Crippen molar-refractivity contribution in [1.82, 2.24) is 4.98 Å². The van der Waals surface area contributed by atoms with Crippen molar-refractivity contribution in [2.45, 2.75) is 38.3 Å². The molecule has 1 fully saturated rings. The first-order valence-electron chi connectivity index (χ1n) is 10.5. The molecule has 0 aliphatic heterocycles. The molecule has 0 bridgehead atoms. The molecule has 2 amide bonds. The lowest BCUT2D eigenvalue weighted by molar-refractivity contribution is -0.138. The van der Waals surface area contributed by atoms with E-state index < -0.39 is 36.2 Å². The van der Waals surface area contributed by atoms with Crippen LogP contribution in [0.4, 0.5) is 24.5 Å². The molecule has 7 nitrogen and oxygen atoms in total. The minimum absolute atomic E-state index is 0.101. The van der Waals surface area contributed by atoms with Crippen LogP contribution in [-0.4, -0.2) is 35.3 Å². The van der Waals surface area contributed by atoms with Crippen LogP contribution in [0.25, 0.3) is 0 Å². The third kappa shape index (κ3) is 6.53. The Morgan fingerprint density at radius 2 is 1.79 bits per heavy atom. The molecule has 1 unspecified atom stereocenters. The predicted molar refractivity (Wildman–Crippen MR) is 117 cm³/mol. The van der Waals surface area contributed by atoms with Crippen LogP contribution in [-0.2, 0) is 9.59 Å². The number of carbonyl (C=O) groups is 3. The molecule has 4 N–H and O–H groups in total. The number of Topliss-reactive ketones (excluding diaryl/α,β-unsaturated/α-hetero) is 1. The molecular formula is C23H25F3N4O3. The highest BCUT2D eigenvalue weighted by Crippen LogP contribution is 2.41. The fourth-order valence-corrected chi connectivity index (χ4v) is 4.12. The van der Waals surface area contributed by atoms with E-state index in [1.54, 1.807) is 24.3 Å². The van der Waals surface area contributed by atoms with Crippen molar-refractivity contribution in [3.8, 4) is 0 Å². The molecule has 0 saturated heterocycles. The van der Waals surface area contributed by atoms with Crippen LogP contribution in [0.1, 0.15) is 48.0 Å². The van der Waals surface area contributed by atoms with Gasteiger partial charge in [0.05, 0.1) is 17.4 Å². The summed E-state index contributed by atoms with van der Waals surface area (Å²) in [7, 11) is 0. The number of nitrogens with two attached hydrogens (primary N) is 1. The van der Waals surface area contributed by atoms with E-state index in [2.05, 4.69) is 15.6 Å². The minimum atomic E-state index is -4.32. The van der Waals surface area contributed by atoms with Crippen molar-refractivity contribution in [2.75, 3.05) is 17.2 Å². The van der Waals surface area contributed by atoms with Gasteiger partial charge in [0.2, 0.25) is 11.7 Å². The van der Waals surface area contributed by atoms with Crippen molar-refractivity contribution in [3.05, 3.63) is 53.9 Å². The largest absolute Gasteiger partial charge is 0.405 e. The fraction of sp³-hybridized carbons (Fsp3) is 0.391. The molecule has 2 aromatic rings. The van der Waals surface area contributed by atoms with E-state index in [0.29, 0.717) is 18.5 Å². The van der Waals surface area contributed by atoms with Gasteiger partial charge in [-0.2, -0.15) is 13.2 Å². The van der Waals surface area contributed by atoms with Gasteiger partial charge in [-0.25, -0.2) is 0 Å². The second-order valence-electron chi connectivity index (χ2n) is 8.37. The standard InChI is InChI=1S/C23H25F3N4O3/c1-13-2-7-18(14-3-5-16(6-4-14)29-12-23(24,25)26)19(8-13)20(31)22(33)30-17-9-15(21(27)32)10-28-11-17/h3-6,9-11,13,18-19,29H,2,7-8,12H2,1H3,(H2,27,32)(H,30,33)/t13-,18+,19?/m0/s1. The molecular weight excluding hydrogens is 437 g/mol. The van der Waals surface area contributed by atoms with E-state index in [1.807, 2.05) is 6.92 Å². The topological polar surface area (TPSA) is 114 Å². The van der Waals surface area contributed by atoms with Crippen LogP contribution in [0.15, 0.2) is 42.7 Å². The lowest BCUT2D eigenvalue weighted by atomic mass is 9.70. The molecule has 1 aliphatic rings. The second kappa shape index (κ2) is 10.0. The number of hydrogen-bond donors (Lipinski definition) is 3. The Balaban J connectivity index is 1.73. The van der Waals surface area contributed by atoms with Crippen LogP contribution in [0.3, 0.4) is 0 Å². The average Bonchev–Trinajstić information content (AvgIpc) is 2.77. The average molecular weight is 462 g/mol. The normalized spacial score (nSPS) is 20.7. The number of ketones is 1. The molecule has 0 spiro atoms. The summed E-state index contributed by atoms with van der Waals surface area (Å²) < 4.78 is 37.3. The zero-order valence-electron chi connectivity index (χ0n) is 18.0. The number of carbonyl (C=O) groups excluding carboxylic acids is 3. The molecule has 176 valence electrons. The maximum atomic E-state index is 13.1. The van der Waals surface area contributed by atoms with E-state index in [0.717, 1.165) is 12.0 Å². The van der Waals surface area contributed by atoms with Gasteiger partial charge in [-0.05, 0) is 48.4 Å². The Morgan fingerprint density at radius 1 is 1.09 bits per heavy atom. The van der Waals surface area contributed by atoms with Crippen molar-refractivity contribution >= 4 is 29.0 Å². The van der Waals surface area contributed by atoms with Gasteiger partial charge in [0.15, 0.2) is 0 Å². The molecule has 1 aromatic carbocycles. The Morgan fingerprint density at radius 3 is 2.42 bits per heavy atom. The summed E-state index contributed by atoms with van der Waals surface area (Å²) in [6.07, 6.45) is 0.310. The lowest BCUT2D eigenvalue weighted by Gasteiger charge is -2.34. The second-order valence-corrected chi connectivity index (χ2v) is 8.37. The quantitative estimate of drug-likeness (QED) is 0.541. The van der Waals surface area contributed by atoms with Gasteiger partial charge in [0, 0.05) is 17.8 Å². The maximum Gasteiger partial charge on any atom is 0.405 e. The SMILES string of the molecule is C[C@H]1CC[C@H](c2ccc(NCC(F)(F)F)cc2)C(C(=O)C(=O)Nc2cncc(C(N)=O)c2)C1. The summed E-state index contributed by atoms with van der Waals surface area (Å²) >= 11 is 0. The number of halogens is 3. The van der Waals surface area contributed by atoms with Crippen molar-refractivity contribution in [1.29, 1.82) is 0 Å². The number of anilines is 2. The zero-order chi connectivity index (χ0) is 24.2. The smallest absolute Gasteiger partial charge is 0.376 e. The summed E-state index contributed by atoms with van der Waals surface area (Å²) in [5, 5.41) is 4.80. The van der Waals surface area contributed by atoms with E-state index in [9.17, 15) is 27.6 Å². The number of amides is 2. The van der Waals surface area contributed by atoms with E-state index in [4.69, 9.17) is 5.73 Å². The number of hydrogen-bond acceptors (Lipinski definition) is 5. The van der Waals surface area contributed by atoms with Crippen LogP contribution in [0.2, 0.25) is 0 Å². The summed E-state index contributed by atoms with van der Waals surface area (Å²) in [5.74, 6) is -2.67. The molecule has 0 radical (unpaired) electrons. The maximum absolute atomic E-state index is 13.1. The van der Waals surface area contributed by atoms with Crippen LogP contribution < -0.4 is 16.4 Å². The van der Waals surface area contributed by atoms with Gasteiger partial charge < -0.3 is 16.4 Å². The molecule has 33 heavy (non-hydrogen) atoms. The van der Waals surface area contributed by atoms with Crippen molar-refractivity contribution in [3.63, 3.8) is 0 Å². The highest BCUT2D eigenvalue weighted by Gasteiger charge is 2.37. The molecule has 1 aliphatic carbocycles. The van der Waals surface area contributed by atoms with Gasteiger partial charge >= 0.3 is 6.18 Å². The first-order valence-corrected chi connectivity index (χ1v) is 10.5. The van der Waals surface area contributed by atoms with Gasteiger partial charge in [-0.15, -0.1) is 0 Å².